The number of nitrogens with zero attached hydrogens (tertiary/aromatic N) is 2. The van der Waals surface area contributed by atoms with Crippen molar-refractivity contribution in [3.8, 4) is 0 Å². The second-order valence-corrected chi connectivity index (χ2v) is 4.80. The first-order valence-electron chi connectivity index (χ1n) is 5.79. The number of carbonyl (C=O) groups excluding carboxylic acids is 1. The van der Waals surface area contributed by atoms with Gasteiger partial charge < -0.3 is 0 Å². The highest BCUT2D eigenvalue weighted by Gasteiger charge is 2.06. The first-order valence-corrected chi connectivity index (χ1v) is 6.54. The Morgan fingerprint density at radius 2 is 2.00 bits per heavy atom. The molecule has 102 valence electrons. The summed E-state index contributed by atoms with van der Waals surface area (Å²) in [5.41, 5.74) is 4.14. The van der Waals surface area contributed by atoms with Crippen LogP contribution in [0.25, 0.3) is 0 Å². The third-order valence-corrected chi connectivity index (χ3v) is 3.30. The number of hydrazone groups is 1. The summed E-state index contributed by atoms with van der Waals surface area (Å²) in [6, 6.07) is 10.2. The number of pyridine rings is 1. The molecule has 0 bridgehead atoms. The molecule has 0 aliphatic heterocycles. The molecular weight excluding hydrogens is 297 g/mol. The Morgan fingerprint density at radius 3 is 2.65 bits per heavy atom. The van der Waals surface area contributed by atoms with E-state index in [-0.39, 0.29) is 5.91 Å². The van der Waals surface area contributed by atoms with Crippen LogP contribution in [0.2, 0.25) is 10.0 Å². The summed E-state index contributed by atoms with van der Waals surface area (Å²) in [6.07, 6.45) is 1.55. The maximum Gasteiger partial charge on any atom is 0.289 e. The molecular formula is C14H11Cl2N3O. The van der Waals surface area contributed by atoms with E-state index in [1.54, 1.807) is 49.5 Å². The summed E-state index contributed by atoms with van der Waals surface area (Å²) in [6.45, 7) is 1.76. The number of hydrogen-bond donors (Lipinski definition) is 1. The molecule has 1 aromatic carbocycles. The topological polar surface area (TPSA) is 54.4 Å². The highest BCUT2D eigenvalue weighted by Crippen LogP contribution is 2.22. The zero-order valence-corrected chi connectivity index (χ0v) is 12.1. The molecule has 1 heterocycles. The van der Waals surface area contributed by atoms with Gasteiger partial charge in [-0.15, -0.1) is 0 Å². The monoisotopic (exact) mass is 307 g/mol. The van der Waals surface area contributed by atoms with Crippen molar-refractivity contribution in [1.29, 1.82) is 0 Å². The molecule has 1 aromatic heterocycles. The number of nitrogens with one attached hydrogen (secondary N) is 1. The van der Waals surface area contributed by atoms with Crippen molar-refractivity contribution in [1.82, 2.24) is 10.4 Å². The van der Waals surface area contributed by atoms with Crippen LogP contribution in [0.15, 0.2) is 47.7 Å². The average molecular weight is 308 g/mol. The maximum absolute atomic E-state index is 11.8. The van der Waals surface area contributed by atoms with Gasteiger partial charge >= 0.3 is 0 Å². The molecule has 0 radical (unpaired) electrons. The van der Waals surface area contributed by atoms with E-state index >= 15 is 0 Å². The molecule has 4 nitrogen and oxygen atoms in total. The van der Waals surface area contributed by atoms with Crippen LogP contribution in [0.4, 0.5) is 0 Å². The van der Waals surface area contributed by atoms with E-state index in [0.717, 1.165) is 5.56 Å². The van der Waals surface area contributed by atoms with Gasteiger partial charge in [-0.25, -0.2) is 5.43 Å². The lowest BCUT2D eigenvalue weighted by atomic mass is 10.1. The smallest absolute Gasteiger partial charge is 0.266 e. The number of rotatable bonds is 3. The molecule has 0 atom stereocenters. The molecule has 2 aromatic rings. The third-order valence-electron chi connectivity index (χ3n) is 2.56. The van der Waals surface area contributed by atoms with Crippen molar-refractivity contribution >= 4 is 34.8 Å². The molecule has 0 saturated carbocycles. The van der Waals surface area contributed by atoms with Crippen molar-refractivity contribution < 1.29 is 4.79 Å². The minimum atomic E-state index is -0.370. The van der Waals surface area contributed by atoms with Crippen molar-refractivity contribution in [3.63, 3.8) is 0 Å². The van der Waals surface area contributed by atoms with Crippen LogP contribution in [-0.4, -0.2) is 16.6 Å². The molecule has 0 spiro atoms. The summed E-state index contributed by atoms with van der Waals surface area (Å²) in [5, 5.41) is 4.93. The minimum Gasteiger partial charge on any atom is -0.266 e. The number of halogens is 2. The zero-order valence-electron chi connectivity index (χ0n) is 10.6. The van der Waals surface area contributed by atoms with E-state index in [1.807, 2.05) is 0 Å². The molecule has 2 rings (SSSR count). The molecule has 0 saturated heterocycles. The normalized spacial score (nSPS) is 11.2. The van der Waals surface area contributed by atoms with Crippen LogP contribution in [0.3, 0.4) is 0 Å². The van der Waals surface area contributed by atoms with Crippen LogP contribution in [0.5, 0.6) is 0 Å². The average Bonchev–Trinajstić information content (AvgIpc) is 2.48. The molecule has 0 fully saturated rings. The van der Waals surface area contributed by atoms with Crippen LogP contribution >= 0.6 is 23.2 Å². The lowest BCUT2D eigenvalue weighted by molar-refractivity contribution is 0.0950. The quantitative estimate of drug-likeness (QED) is 0.696. The van der Waals surface area contributed by atoms with Crippen molar-refractivity contribution in [2.24, 2.45) is 5.10 Å². The summed E-state index contributed by atoms with van der Waals surface area (Å²) in [7, 11) is 0. The third kappa shape index (κ3) is 3.56. The lowest BCUT2D eigenvalue weighted by Gasteiger charge is -2.04. The Bertz CT molecular complexity index is 657. The number of benzene rings is 1. The molecule has 20 heavy (non-hydrogen) atoms. The van der Waals surface area contributed by atoms with Gasteiger partial charge in [-0.2, -0.15) is 5.10 Å². The van der Waals surface area contributed by atoms with Crippen molar-refractivity contribution in [3.05, 3.63) is 63.9 Å². The number of hydrogen-bond acceptors (Lipinski definition) is 3. The second-order valence-electron chi connectivity index (χ2n) is 3.98. The predicted molar refractivity (Wildman–Crippen MR) is 80.4 cm³/mol. The van der Waals surface area contributed by atoms with E-state index < -0.39 is 0 Å². The van der Waals surface area contributed by atoms with Crippen LogP contribution in [0.1, 0.15) is 23.0 Å². The predicted octanol–water partition coefficient (Wildman–Crippen LogP) is 3.54. The molecule has 0 aliphatic carbocycles. The Labute approximate surface area is 126 Å². The Kier molecular flexibility index (Phi) is 4.71. The molecule has 0 aliphatic rings. The van der Waals surface area contributed by atoms with E-state index in [4.69, 9.17) is 23.2 Å². The largest absolute Gasteiger partial charge is 0.289 e. The first kappa shape index (κ1) is 14.5. The van der Waals surface area contributed by atoms with Gasteiger partial charge in [0.05, 0.1) is 15.8 Å². The minimum absolute atomic E-state index is 0.304. The molecule has 1 N–H and O–H groups in total. The van der Waals surface area contributed by atoms with Gasteiger partial charge in [0, 0.05) is 6.20 Å². The fourth-order valence-corrected chi connectivity index (χ4v) is 1.77. The van der Waals surface area contributed by atoms with Gasteiger partial charge in [0.1, 0.15) is 5.69 Å². The SMILES string of the molecule is C/C(=N/NC(=O)c1ccccn1)c1ccc(Cl)c(Cl)c1. The van der Waals surface area contributed by atoms with Crippen molar-refractivity contribution in [2.45, 2.75) is 6.92 Å². The van der Waals surface area contributed by atoms with E-state index in [0.29, 0.717) is 21.5 Å². The number of aromatic nitrogens is 1. The fraction of sp³-hybridized carbons (Fsp3) is 0.0714. The van der Waals surface area contributed by atoms with Gasteiger partial charge in [0.2, 0.25) is 0 Å². The molecule has 1 amide bonds. The first-order chi connectivity index (χ1) is 9.58. The lowest BCUT2D eigenvalue weighted by Crippen LogP contribution is -2.20. The zero-order chi connectivity index (χ0) is 14.5. The molecule has 0 unspecified atom stereocenters. The van der Waals surface area contributed by atoms with Crippen LogP contribution in [-0.2, 0) is 0 Å². The summed E-state index contributed by atoms with van der Waals surface area (Å²) >= 11 is 11.8. The summed E-state index contributed by atoms with van der Waals surface area (Å²) < 4.78 is 0. The fourth-order valence-electron chi connectivity index (χ4n) is 1.47. The van der Waals surface area contributed by atoms with Gasteiger partial charge in [0.15, 0.2) is 0 Å². The number of carbonyl (C=O) groups is 1. The Balaban J connectivity index is 2.11. The Hall–Kier alpha value is -1.91. The maximum atomic E-state index is 11.8. The highest BCUT2D eigenvalue weighted by atomic mass is 35.5. The van der Waals surface area contributed by atoms with E-state index in [2.05, 4.69) is 15.5 Å². The Morgan fingerprint density at radius 1 is 1.20 bits per heavy atom. The standard InChI is InChI=1S/C14H11Cl2N3O/c1-9(10-5-6-11(15)12(16)8-10)18-19-14(20)13-4-2-3-7-17-13/h2-8H,1H3,(H,19,20)/b18-9-. The van der Waals surface area contributed by atoms with Crippen LogP contribution in [0, 0.1) is 0 Å². The van der Waals surface area contributed by atoms with Gasteiger partial charge in [-0.05, 0) is 36.8 Å². The van der Waals surface area contributed by atoms with E-state index in [1.165, 1.54) is 0 Å². The van der Waals surface area contributed by atoms with Crippen LogP contribution < -0.4 is 5.43 Å². The second kappa shape index (κ2) is 6.50. The van der Waals surface area contributed by atoms with Gasteiger partial charge in [0.25, 0.3) is 5.91 Å². The van der Waals surface area contributed by atoms with Gasteiger partial charge in [-0.3, -0.25) is 9.78 Å². The van der Waals surface area contributed by atoms with Crippen molar-refractivity contribution in [2.75, 3.05) is 0 Å². The van der Waals surface area contributed by atoms with E-state index in [9.17, 15) is 4.79 Å². The highest BCUT2D eigenvalue weighted by molar-refractivity contribution is 6.42. The van der Waals surface area contributed by atoms with Gasteiger partial charge in [-0.1, -0.05) is 35.3 Å². The number of amides is 1. The molecule has 6 heteroatoms. The summed E-state index contributed by atoms with van der Waals surface area (Å²) in [4.78, 5) is 15.7. The summed E-state index contributed by atoms with van der Waals surface area (Å²) in [5.74, 6) is -0.370.